The quantitative estimate of drug-likeness (QED) is 0.815. The Morgan fingerprint density at radius 3 is 2.67 bits per heavy atom. The van der Waals surface area contributed by atoms with E-state index in [0.29, 0.717) is 5.92 Å². The van der Waals surface area contributed by atoms with Crippen molar-refractivity contribution in [1.82, 2.24) is 15.0 Å². The van der Waals surface area contributed by atoms with Crippen LogP contribution in [0.3, 0.4) is 0 Å². The van der Waals surface area contributed by atoms with Crippen LogP contribution in [0.1, 0.15) is 43.8 Å². The smallest absolute Gasteiger partial charge is 0.178 e. The highest BCUT2D eigenvalue weighted by atomic mass is 15.0. The van der Waals surface area contributed by atoms with E-state index in [1.54, 1.807) is 0 Å². The molecule has 15 heavy (non-hydrogen) atoms. The fourth-order valence-corrected chi connectivity index (χ4v) is 1.68. The third kappa shape index (κ3) is 1.74. The number of aromatic nitrogens is 3. The Hall–Kier alpha value is -1.38. The number of aryl methyl sites for hydroxylation is 2. The van der Waals surface area contributed by atoms with Gasteiger partial charge in [-0.3, -0.25) is 0 Å². The van der Waals surface area contributed by atoms with Crippen molar-refractivity contribution in [1.29, 1.82) is 0 Å². The Balaban J connectivity index is 2.64. The highest BCUT2D eigenvalue weighted by Crippen LogP contribution is 2.19. The maximum absolute atomic E-state index is 4.52. The molecule has 3 nitrogen and oxygen atoms in total. The summed E-state index contributed by atoms with van der Waals surface area (Å²) in [6.45, 7) is 8.48. The van der Waals surface area contributed by atoms with Gasteiger partial charge < -0.3 is 4.98 Å². The molecule has 0 aromatic carbocycles. The van der Waals surface area contributed by atoms with Crippen molar-refractivity contribution in [2.45, 2.75) is 40.0 Å². The highest BCUT2D eigenvalue weighted by molar-refractivity contribution is 5.75. The van der Waals surface area contributed by atoms with E-state index >= 15 is 0 Å². The maximum Gasteiger partial charge on any atom is 0.178 e. The van der Waals surface area contributed by atoms with E-state index in [9.17, 15) is 0 Å². The van der Waals surface area contributed by atoms with Crippen LogP contribution in [0.15, 0.2) is 6.07 Å². The van der Waals surface area contributed by atoms with Crippen molar-refractivity contribution in [3.63, 3.8) is 0 Å². The first kappa shape index (κ1) is 10.1. The summed E-state index contributed by atoms with van der Waals surface area (Å²) in [7, 11) is 0. The molecular formula is C12H17N3. The summed E-state index contributed by atoms with van der Waals surface area (Å²) in [5.41, 5.74) is 4.28. The molecule has 2 aromatic rings. The lowest BCUT2D eigenvalue weighted by molar-refractivity contribution is 0.798. The Morgan fingerprint density at radius 2 is 2.07 bits per heavy atom. The molecule has 2 heterocycles. The molecule has 0 radical (unpaired) electrons. The van der Waals surface area contributed by atoms with E-state index in [2.05, 4.69) is 48.7 Å². The molecule has 0 fully saturated rings. The van der Waals surface area contributed by atoms with Crippen LogP contribution in [0, 0.1) is 6.92 Å². The summed E-state index contributed by atoms with van der Waals surface area (Å²) in [5.74, 6) is 1.44. The minimum Gasteiger partial charge on any atom is -0.340 e. The van der Waals surface area contributed by atoms with Crippen molar-refractivity contribution in [2.75, 3.05) is 0 Å². The molecule has 0 aliphatic heterocycles. The Labute approximate surface area is 90.0 Å². The number of rotatable bonds is 2. The Bertz CT molecular complexity index is 483. The average molecular weight is 203 g/mol. The maximum atomic E-state index is 4.52. The molecule has 2 aromatic heterocycles. The number of aromatic amines is 1. The molecule has 0 bridgehead atoms. The molecule has 0 aliphatic carbocycles. The van der Waals surface area contributed by atoms with Gasteiger partial charge in [0.25, 0.3) is 0 Å². The summed E-state index contributed by atoms with van der Waals surface area (Å²) in [6, 6.07) is 2.13. The van der Waals surface area contributed by atoms with Gasteiger partial charge in [-0.05, 0) is 25.0 Å². The first-order valence-corrected chi connectivity index (χ1v) is 5.48. The van der Waals surface area contributed by atoms with Crippen LogP contribution >= 0.6 is 0 Å². The zero-order valence-corrected chi connectivity index (χ0v) is 9.76. The largest absolute Gasteiger partial charge is 0.340 e. The van der Waals surface area contributed by atoms with Crippen LogP contribution in [0.4, 0.5) is 0 Å². The fourth-order valence-electron chi connectivity index (χ4n) is 1.68. The molecule has 0 amide bonds. The molecule has 0 atom stereocenters. The van der Waals surface area contributed by atoms with E-state index in [1.165, 1.54) is 5.56 Å². The molecule has 80 valence electrons. The van der Waals surface area contributed by atoms with Crippen LogP contribution in [-0.2, 0) is 6.42 Å². The summed E-state index contributed by atoms with van der Waals surface area (Å²) in [5, 5.41) is 0. The number of nitrogens with zero attached hydrogens (tertiary/aromatic N) is 2. The normalized spacial score (nSPS) is 11.5. The van der Waals surface area contributed by atoms with Gasteiger partial charge in [-0.1, -0.05) is 20.8 Å². The molecule has 0 aliphatic rings. The first-order chi connectivity index (χ1) is 7.11. The first-order valence-electron chi connectivity index (χ1n) is 5.48. The minimum atomic E-state index is 0.420. The summed E-state index contributed by atoms with van der Waals surface area (Å²) >= 11 is 0. The molecule has 1 N–H and O–H groups in total. The second-order valence-electron chi connectivity index (χ2n) is 4.26. The van der Waals surface area contributed by atoms with Gasteiger partial charge in [0.05, 0.1) is 5.52 Å². The predicted octanol–water partition coefficient (Wildman–Crippen LogP) is 2.95. The SMILES string of the molecule is CCc1cc(C)c2[nH]c(C(C)C)nc2n1. The van der Waals surface area contributed by atoms with Crippen molar-refractivity contribution in [3.8, 4) is 0 Å². The molecule has 0 unspecified atom stereocenters. The van der Waals surface area contributed by atoms with Gasteiger partial charge in [0, 0.05) is 11.6 Å². The molecule has 0 saturated carbocycles. The van der Waals surface area contributed by atoms with Gasteiger partial charge in [-0.2, -0.15) is 0 Å². The number of H-pyrrole nitrogens is 1. The molecule has 0 saturated heterocycles. The monoisotopic (exact) mass is 203 g/mol. The van der Waals surface area contributed by atoms with Gasteiger partial charge in [0.1, 0.15) is 5.82 Å². The third-order valence-electron chi connectivity index (χ3n) is 2.64. The fraction of sp³-hybridized carbons (Fsp3) is 0.500. The highest BCUT2D eigenvalue weighted by Gasteiger charge is 2.09. The number of hydrogen-bond acceptors (Lipinski definition) is 2. The van der Waals surface area contributed by atoms with Crippen molar-refractivity contribution in [3.05, 3.63) is 23.1 Å². The number of hydrogen-bond donors (Lipinski definition) is 1. The van der Waals surface area contributed by atoms with Gasteiger partial charge in [0.15, 0.2) is 5.65 Å². The van der Waals surface area contributed by atoms with Gasteiger partial charge in [-0.25, -0.2) is 9.97 Å². The van der Waals surface area contributed by atoms with Gasteiger partial charge in [-0.15, -0.1) is 0 Å². The zero-order chi connectivity index (χ0) is 11.0. The Morgan fingerprint density at radius 1 is 1.33 bits per heavy atom. The van der Waals surface area contributed by atoms with E-state index in [0.717, 1.165) is 29.1 Å². The van der Waals surface area contributed by atoms with Crippen LogP contribution in [0.5, 0.6) is 0 Å². The lowest BCUT2D eigenvalue weighted by Crippen LogP contribution is -1.90. The van der Waals surface area contributed by atoms with Gasteiger partial charge >= 0.3 is 0 Å². The topological polar surface area (TPSA) is 41.6 Å². The summed E-state index contributed by atoms with van der Waals surface area (Å²) < 4.78 is 0. The van der Waals surface area contributed by atoms with E-state index < -0.39 is 0 Å². The molecular weight excluding hydrogens is 186 g/mol. The molecule has 2 rings (SSSR count). The van der Waals surface area contributed by atoms with Crippen LogP contribution in [-0.4, -0.2) is 15.0 Å². The molecule has 3 heteroatoms. The average Bonchev–Trinajstić information content (AvgIpc) is 2.61. The van der Waals surface area contributed by atoms with Crippen LogP contribution in [0.2, 0.25) is 0 Å². The Kier molecular flexibility index (Phi) is 2.47. The van der Waals surface area contributed by atoms with Crippen LogP contribution in [0.25, 0.3) is 11.2 Å². The standard InChI is InChI=1S/C12H17N3/c1-5-9-6-8(4)10-12(13-9)15-11(14-10)7(2)3/h6-7H,5H2,1-4H3,(H,13,14,15). The predicted molar refractivity (Wildman–Crippen MR) is 62.1 cm³/mol. The van der Waals surface area contributed by atoms with Crippen molar-refractivity contribution in [2.24, 2.45) is 0 Å². The lowest BCUT2D eigenvalue weighted by atomic mass is 10.2. The number of fused-ring (bicyclic) bond motifs is 1. The minimum absolute atomic E-state index is 0.420. The molecule has 0 spiro atoms. The number of nitrogens with one attached hydrogen (secondary N) is 1. The second kappa shape index (κ2) is 3.65. The van der Waals surface area contributed by atoms with Crippen LogP contribution < -0.4 is 0 Å². The van der Waals surface area contributed by atoms with E-state index in [1.807, 2.05) is 0 Å². The summed E-state index contributed by atoms with van der Waals surface area (Å²) in [6.07, 6.45) is 0.959. The van der Waals surface area contributed by atoms with Crippen molar-refractivity contribution >= 4 is 11.2 Å². The number of pyridine rings is 1. The summed E-state index contributed by atoms with van der Waals surface area (Å²) in [4.78, 5) is 12.4. The van der Waals surface area contributed by atoms with Gasteiger partial charge in [0.2, 0.25) is 0 Å². The third-order valence-corrected chi connectivity index (χ3v) is 2.64. The zero-order valence-electron chi connectivity index (χ0n) is 9.76. The van der Waals surface area contributed by atoms with E-state index in [4.69, 9.17) is 0 Å². The number of imidazole rings is 1. The lowest BCUT2D eigenvalue weighted by Gasteiger charge is -1.98. The second-order valence-corrected chi connectivity index (χ2v) is 4.26. The van der Waals surface area contributed by atoms with E-state index in [-0.39, 0.29) is 0 Å². The van der Waals surface area contributed by atoms with Crippen molar-refractivity contribution < 1.29 is 0 Å².